The maximum atomic E-state index is 13.4. The number of nitro groups is 1. The van der Waals surface area contributed by atoms with Crippen molar-refractivity contribution < 1.29 is 32.4 Å². The summed E-state index contributed by atoms with van der Waals surface area (Å²) in [4.78, 5) is 39.9. The van der Waals surface area contributed by atoms with Gasteiger partial charge in [0.25, 0.3) is 11.5 Å². The summed E-state index contributed by atoms with van der Waals surface area (Å²) >= 11 is 0. The molecule has 14 heteroatoms. The van der Waals surface area contributed by atoms with Gasteiger partial charge < -0.3 is 15.2 Å². The third-order valence-corrected chi connectivity index (χ3v) is 5.44. The molecule has 0 atom stereocenters. The van der Waals surface area contributed by atoms with Gasteiger partial charge in [-0.15, -0.1) is 0 Å². The molecule has 0 saturated heterocycles. The van der Waals surface area contributed by atoms with Crippen LogP contribution in [0.15, 0.2) is 70.6 Å². The number of carbonyl (C=O) groups excluding carboxylic acids is 1. The van der Waals surface area contributed by atoms with Crippen LogP contribution in [0.25, 0.3) is 22.3 Å². The molecule has 4 rings (SSSR count). The first-order valence-electron chi connectivity index (χ1n) is 11.6. The number of halogens is 3. The lowest BCUT2D eigenvalue weighted by Gasteiger charge is -2.13. The van der Waals surface area contributed by atoms with Gasteiger partial charge in [-0.1, -0.05) is 24.3 Å². The van der Waals surface area contributed by atoms with Crippen LogP contribution in [0.5, 0.6) is 11.5 Å². The highest BCUT2D eigenvalue weighted by Crippen LogP contribution is 2.38. The fraction of sp³-hybridized carbons (Fsp3) is 0.154. The standard InChI is InChI=1S/C26H20F3N5O6/c1-2-39-21-11-15(10-20(34(37)38)23(21)40-14-22(30)35)13-31-33-24(16-6-5-7-17(12-16)26(27,28)29)32-19-9-4-3-8-18(19)25(33)36/h3-13H,2,14H2,1H3,(H2,30,35). The minimum absolute atomic E-state index is 0.0361. The Morgan fingerprint density at radius 2 is 1.90 bits per heavy atom. The van der Waals surface area contributed by atoms with Crippen molar-refractivity contribution >= 4 is 28.7 Å². The number of primary amides is 1. The molecular weight excluding hydrogens is 535 g/mol. The second kappa shape index (κ2) is 11.2. The Kier molecular flexibility index (Phi) is 7.79. The highest BCUT2D eigenvalue weighted by molar-refractivity contribution is 5.84. The third kappa shape index (κ3) is 5.90. The molecule has 0 unspecified atom stereocenters. The van der Waals surface area contributed by atoms with E-state index in [0.717, 1.165) is 29.1 Å². The topological polar surface area (TPSA) is 152 Å². The summed E-state index contributed by atoms with van der Waals surface area (Å²) < 4.78 is 51.6. The van der Waals surface area contributed by atoms with Crippen LogP contribution in [0.4, 0.5) is 18.9 Å². The zero-order chi connectivity index (χ0) is 29.0. The van der Waals surface area contributed by atoms with Gasteiger partial charge in [0.1, 0.15) is 0 Å². The van der Waals surface area contributed by atoms with Gasteiger partial charge in [0.15, 0.2) is 18.2 Å². The van der Waals surface area contributed by atoms with Crippen molar-refractivity contribution in [3.8, 4) is 22.9 Å². The van der Waals surface area contributed by atoms with Crippen LogP contribution >= 0.6 is 0 Å². The lowest BCUT2D eigenvalue weighted by molar-refractivity contribution is -0.385. The normalized spacial score (nSPS) is 11.6. The SMILES string of the molecule is CCOc1cc(C=Nn2c(-c3cccc(C(F)(F)F)c3)nc3ccccc3c2=O)cc([N+](=O)[O-])c1OCC(N)=O. The first-order valence-corrected chi connectivity index (χ1v) is 11.6. The predicted octanol–water partition coefficient (Wildman–Crippen LogP) is 4.14. The zero-order valence-electron chi connectivity index (χ0n) is 20.7. The first-order chi connectivity index (χ1) is 19.0. The average Bonchev–Trinajstić information content (AvgIpc) is 2.91. The number of hydrogen-bond donors (Lipinski definition) is 1. The summed E-state index contributed by atoms with van der Waals surface area (Å²) in [6, 6.07) is 12.8. The van der Waals surface area contributed by atoms with Gasteiger partial charge in [0.2, 0.25) is 5.75 Å². The van der Waals surface area contributed by atoms with Crippen molar-refractivity contribution in [1.82, 2.24) is 9.66 Å². The number of rotatable bonds is 9. The van der Waals surface area contributed by atoms with Crippen LogP contribution < -0.4 is 20.8 Å². The summed E-state index contributed by atoms with van der Waals surface area (Å²) in [6.07, 6.45) is -3.56. The van der Waals surface area contributed by atoms with Crippen molar-refractivity contribution in [2.24, 2.45) is 10.8 Å². The van der Waals surface area contributed by atoms with E-state index in [2.05, 4.69) is 10.1 Å². The Morgan fingerprint density at radius 1 is 1.15 bits per heavy atom. The Hall–Kier alpha value is -5.27. The number of aromatic nitrogens is 2. The van der Waals surface area contributed by atoms with E-state index in [1.807, 2.05) is 0 Å². The number of amides is 1. The number of hydrogen-bond acceptors (Lipinski definition) is 8. The molecule has 0 aliphatic heterocycles. The lowest BCUT2D eigenvalue weighted by Crippen LogP contribution is -2.21. The van der Waals surface area contributed by atoms with Gasteiger partial charge in [-0.2, -0.15) is 22.9 Å². The summed E-state index contributed by atoms with van der Waals surface area (Å²) in [5, 5.41) is 16.0. The van der Waals surface area contributed by atoms with Crippen LogP contribution in [0, 0.1) is 10.1 Å². The van der Waals surface area contributed by atoms with E-state index in [9.17, 15) is 32.9 Å². The second-order valence-corrected chi connectivity index (χ2v) is 8.21. The molecule has 1 aromatic heterocycles. The highest BCUT2D eigenvalue weighted by Gasteiger charge is 2.31. The van der Waals surface area contributed by atoms with Crippen molar-refractivity contribution in [2.45, 2.75) is 13.1 Å². The number of carbonyl (C=O) groups is 1. The van der Waals surface area contributed by atoms with E-state index in [1.165, 1.54) is 30.3 Å². The van der Waals surface area contributed by atoms with Crippen molar-refractivity contribution in [1.29, 1.82) is 0 Å². The Bertz CT molecular complexity index is 1700. The molecule has 2 N–H and O–H groups in total. The summed E-state index contributed by atoms with van der Waals surface area (Å²) in [7, 11) is 0. The molecule has 4 aromatic rings. The third-order valence-electron chi connectivity index (χ3n) is 5.44. The number of benzene rings is 3. The average molecular weight is 555 g/mol. The number of alkyl halides is 3. The number of fused-ring (bicyclic) bond motifs is 1. The fourth-order valence-electron chi connectivity index (χ4n) is 3.75. The molecule has 0 spiro atoms. The largest absolute Gasteiger partial charge is 0.490 e. The van der Waals surface area contributed by atoms with E-state index in [1.54, 1.807) is 19.1 Å². The molecule has 0 radical (unpaired) electrons. The minimum atomic E-state index is -4.64. The molecule has 206 valence electrons. The van der Waals surface area contributed by atoms with Gasteiger partial charge in [-0.25, -0.2) is 4.98 Å². The molecule has 1 amide bonds. The number of nitro benzene ring substituents is 1. The fourth-order valence-corrected chi connectivity index (χ4v) is 3.75. The minimum Gasteiger partial charge on any atom is -0.490 e. The van der Waals surface area contributed by atoms with Crippen LogP contribution in [0.2, 0.25) is 0 Å². The van der Waals surface area contributed by atoms with Crippen molar-refractivity contribution in [2.75, 3.05) is 13.2 Å². The monoisotopic (exact) mass is 555 g/mol. The quantitative estimate of drug-likeness (QED) is 0.185. The summed E-state index contributed by atoms with van der Waals surface area (Å²) in [6.45, 7) is 1.05. The first kappa shape index (κ1) is 27.8. The number of para-hydroxylation sites is 1. The van der Waals surface area contributed by atoms with Crippen molar-refractivity contribution in [3.05, 3.63) is 92.3 Å². The van der Waals surface area contributed by atoms with E-state index in [0.29, 0.717) is 0 Å². The van der Waals surface area contributed by atoms with Crippen LogP contribution in [0.3, 0.4) is 0 Å². The molecule has 0 aliphatic carbocycles. The van der Waals surface area contributed by atoms with E-state index >= 15 is 0 Å². The number of nitrogens with two attached hydrogens (primary N) is 1. The smallest absolute Gasteiger partial charge is 0.416 e. The van der Waals surface area contributed by atoms with Gasteiger partial charge >= 0.3 is 11.9 Å². The molecule has 1 heterocycles. The maximum absolute atomic E-state index is 13.4. The number of ether oxygens (including phenoxy) is 2. The molecule has 0 bridgehead atoms. The Morgan fingerprint density at radius 3 is 2.58 bits per heavy atom. The van der Waals surface area contributed by atoms with Crippen molar-refractivity contribution in [3.63, 3.8) is 0 Å². The Balaban J connectivity index is 1.90. The summed E-state index contributed by atoms with van der Waals surface area (Å²) in [5.74, 6) is -1.49. The van der Waals surface area contributed by atoms with Gasteiger partial charge in [-0.05, 0) is 37.3 Å². The van der Waals surface area contributed by atoms with Gasteiger partial charge in [0, 0.05) is 17.2 Å². The highest BCUT2D eigenvalue weighted by atomic mass is 19.4. The Labute approximate surface area is 223 Å². The molecular formula is C26H20F3N5O6. The zero-order valence-corrected chi connectivity index (χ0v) is 20.7. The summed E-state index contributed by atoms with van der Waals surface area (Å²) in [5.41, 5.74) is 3.15. The molecule has 40 heavy (non-hydrogen) atoms. The van der Waals surface area contributed by atoms with E-state index in [4.69, 9.17) is 15.2 Å². The van der Waals surface area contributed by atoms with Crippen LogP contribution in [-0.2, 0) is 11.0 Å². The molecule has 0 saturated carbocycles. The molecule has 3 aromatic carbocycles. The van der Waals surface area contributed by atoms with E-state index < -0.39 is 40.4 Å². The predicted molar refractivity (Wildman–Crippen MR) is 138 cm³/mol. The van der Waals surface area contributed by atoms with Crippen LogP contribution in [0.1, 0.15) is 18.1 Å². The molecule has 0 aliphatic rings. The lowest BCUT2D eigenvalue weighted by atomic mass is 10.1. The molecule has 0 fully saturated rings. The maximum Gasteiger partial charge on any atom is 0.416 e. The van der Waals surface area contributed by atoms with Gasteiger partial charge in [0.05, 0.1) is 34.2 Å². The van der Waals surface area contributed by atoms with Crippen LogP contribution in [-0.4, -0.2) is 39.9 Å². The van der Waals surface area contributed by atoms with E-state index in [-0.39, 0.29) is 46.0 Å². The van der Waals surface area contributed by atoms with Gasteiger partial charge in [-0.3, -0.25) is 19.7 Å². The number of nitrogens with zero attached hydrogens (tertiary/aromatic N) is 4. The second-order valence-electron chi connectivity index (χ2n) is 8.21. The molecule has 11 nitrogen and oxygen atoms in total.